The minimum absolute atomic E-state index is 0.0100. The average Bonchev–Trinajstić information content (AvgIpc) is 3.68. The summed E-state index contributed by atoms with van der Waals surface area (Å²) < 4.78 is 69.5. The van der Waals surface area contributed by atoms with Crippen molar-refractivity contribution in [3.8, 4) is 0 Å². The molecule has 3 aliphatic rings. The molecular formula is C27H40ClF2N3O6S. The largest absolute Gasteiger partial charge is 0.441 e. The second-order valence-electron chi connectivity index (χ2n) is 12.0. The molecule has 2 saturated heterocycles. The van der Waals surface area contributed by atoms with Crippen LogP contribution >= 0.6 is 11.6 Å². The van der Waals surface area contributed by atoms with Gasteiger partial charge in [-0.1, -0.05) is 18.5 Å². The molecule has 4 rings (SSSR count). The maximum atomic E-state index is 14.2. The van der Waals surface area contributed by atoms with Gasteiger partial charge in [-0.25, -0.2) is 22.0 Å². The van der Waals surface area contributed by atoms with E-state index in [4.69, 9.17) is 21.1 Å². The highest BCUT2D eigenvalue weighted by Crippen LogP contribution is 2.49. The first-order valence-electron chi connectivity index (χ1n) is 13.7. The number of alkyl halides is 2. The van der Waals surface area contributed by atoms with E-state index in [9.17, 15) is 27.1 Å². The summed E-state index contributed by atoms with van der Waals surface area (Å²) >= 11 is 5.99. The van der Waals surface area contributed by atoms with Crippen molar-refractivity contribution < 1.29 is 36.6 Å². The van der Waals surface area contributed by atoms with E-state index in [1.54, 1.807) is 4.90 Å². The van der Waals surface area contributed by atoms with Crippen LogP contribution in [0, 0.1) is 5.92 Å². The van der Waals surface area contributed by atoms with Crippen LogP contribution in [0.25, 0.3) is 0 Å². The molecule has 2 heterocycles. The number of carbonyl (C=O) groups excluding carboxylic acids is 1. The Hall–Kier alpha value is -1.57. The Labute approximate surface area is 240 Å². The van der Waals surface area contributed by atoms with E-state index in [0.29, 0.717) is 44.0 Å². The fourth-order valence-corrected chi connectivity index (χ4v) is 7.42. The first-order valence-corrected chi connectivity index (χ1v) is 15.5. The van der Waals surface area contributed by atoms with Crippen molar-refractivity contribution in [3.05, 3.63) is 29.3 Å². The number of rotatable bonds is 9. The zero-order valence-corrected chi connectivity index (χ0v) is 25.1. The number of morpholine rings is 1. The number of hydrogen-bond donors (Lipinski definition) is 1. The van der Waals surface area contributed by atoms with E-state index in [0.717, 1.165) is 6.92 Å². The van der Waals surface area contributed by atoms with Gasteiger partial charge in [0.25, 0.3) is 0 Å². The highest BCUT2D eigenvalue weighted by atomic mass is 35.5. The van der Waals surface area contributed by atoms with Crippen molar-refractivity contribution in [2.75, 3.05) is 46.0 Å². The Kier molecular flexibility index (Phi) is 9.10. The van der Waals surface area contributed by atoms with Gasteiger partial charge >= 0.3 is 6.09 Å². The third-order valence-corrected chi connectivity index (χ3v) is 10.8. The first kappa shape index (κ1) is 31.4. The van der Waals surface area contributed by atoms with Gasteiger partial charge in [0.2, 0.25) is 15.9 Å². The third kappa shape index (κ3) is 6.57. The van der Waals surface area contributed by atoms with Crippen LogP contribution in [0.3, 0.4) is 0 Å². The van der Waals surface area contributed by atoms with Gasteiger partial charge in [0.05, 0.1) is 30.8 Å². The molecule has 1 aliphatic carbocycles. The molecule has 1 amide bonds. The molecule has 0 aromatic heterocycles. The summed E-state index contributed by atoms with van der Waals surface area (Å²) in [5.41, 5.74) is -1.53. The molecule has 1 unspecified atom stereocenters. The maximum absolute atomic E-state index is 14.2. The Morgan fingerprint density at radius 3 is 2.27 bits per heavy atom. The topological polar surface area (TPSA) is 99.6 Å². The second-order valence-corrected chi connectivity index (χ2v) is 14.2. The molecule has 9 nitrogen and oxygen atoms in total. The third-order valence-electron chi connectivity index (χ3n) is 8.55. The summed E-state index contributed by atoms with van der Waals surface area (Å²) in [6.07, 6.45) is 0.199. The van der Waals surface area contributed by atoms with Gasteiger partial charge in [-0.15, -0.1) is 0 Å². The molecular weight excluding hydrogens is 568 g/mol. The van der Waals surface area contributed by atoms with Crippen LogP contribution in [0.1, 0.15) is 47.0 Å². The fraction of sp³-hybridized carbons (Fsp3) is 0.741. The average molecular weight is 608 g/mol. The Morgan fingerprint density at radius 1 is 1.15 bits per heavy atom. The Bertz CT molecular complexity index is 1150. The number of aliphatic hydroxyl groups excluding tert-OH is 1. The van der Waals surface area contributed by atoms with Gasteiger partial charge in [0.15, 0.2) is 0 Å². The van der Waals surface area contributed by atoms with E-state index in [1.165, 1.54) is 35.5 Å². The molecule has 0 bridgehead atoms. The van der Waals surface area contributed by atoms with Crippen LogP contribution in [-0.2, 0) is 19.5 Å². The highest BCUT2D eigenvalue weighted by molar-refractivity contribution is 7.89. The van der Waals surface area contributed by atoms with E-state index in [2.05, 4.69) is 4.90 Å². The van der Waals surface area contributed by atoms with Crippen LogP contribution in [0.4, 0.5) is 13.6 Å². The molecule has 1 aromatic carbocycles. The predicted molar refractivity (Wildman–Crippen MR) is 146 cm³/mol. The smallest absolute Gasteiger partial charge is 0.410 e. The molecule has 0 radical (unpaired) electrons. The normalized spacial score (nSPS) is 25.4. The zero-order valence-electron chi connectivity index (χ0n) is 23.5. The summed E-state index contributed by atoms with van der Waals surface area (Å²) in [6.45, 7) is 7.93. The van der Waals surface area contributed by atoms with Crippen molar-refractivity contribution in [1.82, 2.24) is 14.1 Å². The number of sulfonamides is 1. The monoisotopic (exact) mass is 607 g/mol. The van der Waals surface area contributed by atoms with Gasteiger partial charge < -0.3 is 19.5 Å². The molecule has 3 atom stereocenters. The predicted octanol–water partition coefficient (Wildman–Crippen LogP) is 3.84. The van der Waals surface area contributed by atoms with Crippen molar-refractivity contribution in [2.45, 2.75) is 81.0 Å². The molecule has 1 aromatic rings. The SMILES string of the molecule is CC(C[C@@H]1COC[C@H](C2(OC(=O)N3CCN(C(C)(C)CO)CC3)CC2)N1S(=O)(=O)c1ccc(Cl)cc1)C(C)(F)F. The summed E-state index contributed by atoms with van der Waals surface area (Å²) in [7, 11) is -4.18. The standard InChI is InChI=1S/C27H40ClF2N3O6S/c1-19(26(4,29)30)15-21-16-38-17-23(33(21)40(36,37)22-7-5-20(28)6-8-22)27(9-10-27)39-24(35)31-11-13-32(14-12-31)25(2,3)18-34/h5-8,19,21,23,34H,9-18H2,1-4H3/t19?,21-,23-/m1/s1. The van der Waals surface area contributed by atoms with Crippen molar-refractivity contribution in [1.29, 1.82) is 0 Å². The number of hydrogen-bond acceptors (Lipinski definition) is 7. The number of nitrogens with zero attached hydrogens (tertiary/aromatic N) is 3. The Balaban J connectivity index is 1.58. The van der Waals surface area contributed by atoms with Gasteiger partial charge in [-0.3, -0.25) is 4.90 Å². The molecule has 13 heteroatoms. The zero-order chi connectivity index (χ0) is 29.5. The van der Waals surface area contributed by atoms with E-state index in [1.807, 2.05) is 13.8 Å². The van der Waals surface area contributed by atoms with Crippen molar-refractivity contribution in [3.63, 3.8) is 0 Å². The minimum atomic E-state index is -4.18. The molecule has 2 aliphatic heterocycles. The maximum Gasteiger partial charge on any atom is 0.410 e. The van der Waals surface area contributed by atoms with Gasteiger partial charge in [0.1, 0.15) is 5.60 Å². The fourth-order valence-electron chi connectivity index (χ4n) is 5.44. The summed E-state index contributed by atoms with van der Waals surface area (Å²) in [5, 5.41) is 10.0. The molecule has 40 heavy (non-hydrogen) atoms. The molecule has 226 valence electrons. The number of piperazine rings is 1. The summed E-state index contributed by atoms with van der Waals surface area (Å²) in [6, 6.07) is 3.96. The van der Waals surface area contributed by atoms with E-state index < -0.39 is 51.2 Å². The first-order chi connectivity index (χ1) is 18.6. The molecule has 0 spiro atoms. The van der Waals surface area contributed by atoms with Crippen LogP contribution in [0.2, 0.25) is 5.02 Å². The number of carbonyl (C=O) groups is 1. The minimum Gasteiger partial charge on any atom is -0.441 e. The molecule has 1 N–H and O–H groups in total. The van der Waals surface area contributed by atoms with E-state index in [-0.39, 0.29) is 31.1 Å². The van der Waals surface area contributed by atoms with Crippen LogP contribution in [-0.4, -0.2) is 109 Å². The van der Waals surface area contributed by atoms with Gasteiger partial charge in [0, 0.05) is 48.7 Å². The van der Waals surface area contributed by atoms with Crippen molar-refractivity contribution >= 4 is 27.7 Å². The lowest BCUT2D eigenvalue weighted by atomic mass is 9.94. The lowest BCUT2D eigenvalue weighted by Gasteiger charge is -2.46. The second kappa shape index (κ2) is 11.6. The highest BCUT2D eigenvalue weighted by Gasteiger charge is 2.61. The van der Waals surface area contributed by atoms with Crippen molar-refractivity contribution in [2.24, 2.45) is 5.92 Å². The number of ether oxygens (including phenoxy) is 2. The van der Waals surface area contributed by atoms with Gasteiger partial charge in [-0.2, -0.15) is 4.31 Å². The van der Waals surface area contributed by atoms with Crippen LogP contribution in [0.5, 0.6) is 0 Å². The molecule has 1 saturated carbocycles. The lowest BCUT2D eigenvalue weighted by Crippen LogP contribution is -2.62. The van der Waals surface area contributed by atoms with Crippen LogP contribution in [0.15, 0.2) is 29.2 Å². The van der Waals surface area contributed by atoms with Crippen LogP contribution < -0.4 is 0 Å². The summed E-state index contributed by atoms with van der Waals surface area (Å²) in [5.74, 6) is -4.13. The quantitative estimate of drug-likeness (QED) is 0.455. The number of aliphatic hydroxyl groups is 1. The van der Waals surface area contributed by atoms with Gasteiger partial charge in [-0.05, 0) is 64.3 Å². The molecule has 3 fully saturated rings. The lowest BCUT2D eigenvalue weighted by molar-refractivity contribution is -0.0918. The van der Waals surface area contributed by atoms with E-state index >= 15 is 0 Å². The Morgan fingerprint density at radius 2 is 1.75 bits per heavy atom. The summed E-state index contributed by atoms with van der Waals surface area (Å²) in [4.78, 5) is 17.0. The number of amides is 1. The number of halogens is 3. The number of benzene rings is 1.